The smallest absolute Gasteiger partial charge is 0.222 e. The van der Waals surface area contributed by atoms with E-state index >= 15 is 0 Å². The fraction of sp³-hybridized carbons (Fsp3) is 0.231. The number of nitrogens with zero attached hydrogens (tertiary/aromatic N) is 2. The number of thiophene rings is 1. The van der Waals surface area contributed by atoms with E-state index in [1.807, 2.05) is 30.5 Å². The van der Waals surface area contributed by atoms with Crippen molar-refractivity contribution in [1.29, 1.82) is 0 Å². The third-order valence-electron chi connectivity index (χ3n) is 2.42. The molecule has 2 heterocycles. The SMILES string of the molecule is Cc1cc(C)nc(N([O-])C(=O)Cc2cccs2)c1. The van der Waals surface area contributed by atoms with Crippen LogP contribution in [0.1, 0.15) is 16.1 Å². The van der Waals surface area contributed by atoms with Crippen molar-refractivity contribution in [2.45, 2.75) is 20.3 Å². The van der Waals surface area contributed by atoms with Crippen molar-refractivity contribution >= 4 is 23.1 Å². The van der Waals surface area contributed by atoms with Crippen molar-refractivity contribution in [3.05, 3.63) is 51.0 Å². The molecule has 0 saturated carbocycles. The first-order valence-corrected chi connectivity index (χ1v) is 6.42. The lowest BCUT2D eigenvalue weighted by molar-refractivity contribution is -0.117. The first-order chi connectivity index (χ1) is 8.56. The number of hydrogen-bond donors (Lipinski definition) is 0. The van der Waals surface area contributed by atoms with E-state index in [9.17, 15) is 10.0 Å². The maximum Gasteiger partial charge on any atom is 0.222 e. The fourth-order valence-corrected chi connectivity index (χ4v) is 2.38. The Morgan fingerprint density at radius 2 is 2.22 bits per heavy atom. The van der Waals surface area contributed by atoms with Gasteiger partial charge in [0.15, 0.2) is 0 Å². The van der Waals surface area contributed by atoms with Gasteiger partial charge in [-0.25, -0.2) is 4.98 Å². The molecule has 0 atom stereocenters. The molecule has 0 fully saturated rings. The topological polar surface area (TPSA) is 56.3 Å². The highest BCUT2D eigenvalue weighted by Gasteiger charge is 2.10. The van der Waals surface area contributed by atoms with Gasteiger partial charge in [0, 0.05) is 10.6 Å². The number of rotatable bonds is 3. The van der Waals surface area contributed by atoms with E-state index in [0.29, 0.717) is 5.06 Å². The van der Waals surface area contributed by atoms with Gasteiger partial charge in [-0.05, 0) is 43.0 Å². The molecule has 2 aromatic rings. The van der Waals surface area contributed by atoms with E-state index in [0.717, 1.165) is 16.1 Å². The zero-order valence-corrected chi connectivity index (χ0v) is 11.0. The first kappa shape index (κ1) is 12.7. The summed E-state index contributed by atoms with van der Waals surface area (Å²) in [5.41, 5.74) is 1.65. The Labute approximate surface area is 109 Å². The van der Waals surface area contributed by atoms with E-state index in [4.69, 9.17) is 0 Å². The maximum atomic E-state index is 11.9. The Balaban J connectivity index is 2.15. The van der Waals surface area contributed by atoms with Crippen molar-refractivity contribution in [3.63, 3.8) is 0 Å². The quantitative estimate of drug-likeness (QED) is 0.798. The van der Waals surface area contributed by atoms with Gasteiger partial charge in [-0.2, -0.15) is 0 Å². The van der Waals surface area contributed by atoms with Crippen LogP contribution in [0.2, 0.25) is 0 Å². The highest BCUT2D eigenvalue weighted by molar-refractivity contribution is 7.10. The highest BCUT2D eigenvalue weighted by Crippen LogP contribution is 2.16. The molecule has 2 rings (SSSR count). The summed E-state index contributed by atoms with van der Waals surface area (Å²) in [5.74, 6) is -0.330. The number of carbonyl (C=O) groups is 1. The maximum absolute atomic E-state index is 11.9. The third kappa shape index (κ3) is 2.94. The van der Waals surface area contributed by atoms with E-state index in [-0.39, 0.29) is 12.2 Å². The van der Waals surface area contributed by atoms with Crippen LogP contribution in [0.3, 0.4) is 0 Å². The average Bonchev–Trinajstić information content (AvgIpc) is 2.79. The molecule has 0 aliphatic rings. The van der Waals surface area contributed by atoms with Crippen molar-refractivity contribution in [2.75, 3.05) is 5.06 Å². The zero-order valence-electron chi connectivity index (χ0n) is 10.2. The second-order valence-electron chi connectivity index (χ2n) is 4.09. The monoisotopic (exact) mass is 261 g/mol. The second kappa shape index (κ2) is 5.29. The summed E-state index contributed by atoms with van der Waals surface area (Å²) >= 11 is 1.46. The molecular weight excluding hydrogens is 248 g/mol. The molecule has 0 radical (unpaired) electrons. The van der Waals surface area contributed by atoms with Crippen LogP contribution in [-0.4, -0.2) is 10.9 Å². The molecule has 0 aliphatic heterocycles. The molecule has 1 amide bonds. The van der Waals surface area contributed by atoms with Crippen LogP contribution in [0.5, 0.6) is 0 Å². The average molecular weight is 261 g/mol. The van der Waals surface area contributed by atoms with Gasteiger partial charge in [0.05, 0.1) is 6.42 Å². The number of amides is 1. The summed E-state index contributed by atoms with van der Waals surface area (Å²) in [5, 5.41) is 14.1. The van der Waals surface area contributed by atoms with E-state index in [1.54, 1.807) is 13.0 Å². The number of aromatic nitrogens is 1. The summed E-state index contributed by atoms with van der Waals surface area (Å²) in [6.45, 7) is 3.67. The van der Waals surface area contributed by atoms with E-state index < -0.39 is 5.91 Å². The molecule has 0 aromatic carbocycles. The van der Waals surface area contributed by atoms with Gasteiger partial charge in [-0.3, -0.25) is 4.79 Å². The van der Waals surface area contributed by atoms with Crippen molar-refractivity contribution in [1.82, 2.24) is 4.98 Å². The normalized spacial score (nSPS) is 10.4. The number of anilines is 1. The lowest BCUT2D eigenvalue weighted by Crippen LogP contribution is -2.26. The fourth-order valence-electron chi connectivity index (χ4n) is 1.69. The summed E-state index contributed by atoms with van der Waals surface area (Å²) < 4.78 is 0. The van der Waals surface area contributed by atoms with Crippen molar-refractivity contribution in [3.8, 4) is 0 Å². The number of aryl methyl sites for hydroxylation is 2. The molecule has 0 spiro atoms. The minimum atomic E-state index is -0.491. The lowest BCUT2D eigenvalue weighted by atomic mass is 10.2. The van der Waals surface area contributed by atoms with Crippen LogP contribution in [0, 0.1) is 19.1 Å². The Hall–Kier alpha value is -1.72. The van der Waals surface area contributed by atoms with Crippen LogP contribution in [0.25, 0.3) is 0 Å². The summed E-state index contributed by atoms with van der Waals surface area (Å²) in [6.07, 6.45) is 0.121. The van der Waals surface area contributed by atoms with Gasteiger partial charge < -0.3 is 10.3 Å². The molecule has 2 aromatic heterocycles. The standard InChI is InChI=1S/C13H13N2O2S/c1-9-6-10(2)14-12(7-9)15(17)13(16)8-11-4-3-5-18-11/h3-7H,8H2,1-2H3/q-1. The third-order valence-corrected chi connectivity index (χ3v) is 3.30. The van der Waals surface area contributed by atoms with Gasteiger partial charge in [0.2, 0.25) is 5.91 Å². The van der Waals surface area contributed by atoms with Crippen LogP contribution in [-0.2, 0) is 11.2 Å². The molecule has 0 N–H and O–H groups in total. The minimum absolute atomic E-state index is 0.121. The van der Waals surface area contributed by atoms with Crippen LogP contribution >= 0.6 is 11.3 Å². The second-order valence-corrected chi connectivity index (χ2v) is 5.12. The Morgan fingerprint density at radius 3 is 2.83 bits per heavy atom. The summed E-state index contributed by atoms with van der Waals surface area (Å²) in [6, 6.07) is 7.18. The highest BCUT2D eigenvalue weighted by atomic mass is 32.1. The molecule has 94 valence electrons. The molecule has 0 unspecified atom stereocenters. The molecule has 0 bridgehead atoms. The number of carbonyl (C=O) groups excluding carboxylic acids is 1. The molecule has 0 aliphatic carbocycles. The Bertz CT molecular complexity index is 532. The Morgan fingerprint density at radius 1 is 1.44 bits per heavy atom. The predicted octanol–water partition coefficient (Wildman–Crippen LogP) is 2.83. The van der Waals surface area contributed by atoms with E-state index in [1.165, 1.54) is 11.3 Å². The number of hydroxylamine groups is 1. The predicted molar refractivity (Wildman–Crippen MR) is 72.6 cm³/mol. The Kier molecular flexibility index (Phi) is 3.74. The lowest BCUT2D eigenvalue weighted by Gasteiger charge is -2.27. The summed E-state index contributed by atoms with van der Waals surface area (Å²) in [7, 11) is 0. The molecule has 4 nitrogen and oxygen atoms in total. The number of hydrogen-bond acceptors (Lipinski definition) is 4. The van der Waals surface area contributed by atoms with Gasteiger partial charge in [0.25, 0.3) is 0 Å². The van der Waals surface area contributed by atoms with Crippen molar-refractivity contribution < 1.29 is 4.79 Å². The minimum Gasteiger partial charge on any atom is -0.751 e. The summed E-state index contributed by atoms with van der Waals surface area (Å²) in [4.78, 5) is 16.8. The van der Waals surface area contributed by atoms with Crippen LogP contribution in [0.15, 0.2) is 29.6 Å². The van der Waals surface area contributed by atoms with Crippen LogP contribution in [0.4, 0.5) is 5.82 Å². The molecular formula is C13H13N2O2S-. The largest absolute Gasteiger partial charge is 0.751 e. The van der Waals surface area contributed by atoms with Gasteiger partial charge in [0.1, 0.15) is 5.82 Å². The first-order valence-electron chi connectivity index (χ1n) is 5.54. The van der Waals surface area contributed by atoms with Gasteiger partial charge in [-0.15, -0.1) is 11.3 Å². The number of pyridine rings is 1. The van der Waals surface area contributed by atoms with Crippen LogP contribution < -0.4 is 5.06 Å². The zero-order chi connectivity index (χ0) is 13.1. The van der Waals surface area contributed by atoms with Gasteiger partial charge >= 0.3 is 0 Å². The van der Waals surface area contributed by atoms with Crippen molar-refractivity contribution in [2.24, 2.45) is 0 Å². The molecule has 5 heteroatoms. The van der Waals surface area contributed by atoms with Gasteiger partial charge in [-0.1, -0.05) is 6.07 Å². The molecule has 0 saturated heterocycles. The van der Waals surface area contributed by atoms with E-state index in [2.05, 4.69) is 4.98 Å². The molecule has 18 heavy (non-hydrogen) atoms.